The predicted molar refractivity (Wildman–Crippen MR) is 93.5 cm³/mol. The van der Waals surface area contributed by atoms with Gasteiger partial charge in [0.25, 0.3) is 11.8 Å². The zero-order valence-corrected chi connectivity index (χ0v) is 13.8. The molecule has 1 fully saturated rings. The smallest absolute Gasteiger partial charge is 0.275 e. The van der Waals surface area contributed by atoms with Crippen molar-refractivity contribution < 1.29 is 14.7 Å². The number of hydrogen-bond donors (Lipinski definition) is 3. The Kier molecular flexibility index (Phi) is 4.03. The molecular formula is C18H20N4O3. The number of β-amino-alcohol motifs (C(OH)–C–C–N with tert-alkyl or cyclic N) is 1. The maximum Gasteiger partial charge on any atom is 0.275 e. The monoisotopic (exact) mass is 340 g/mol. The van der Waals surface area contributed by atoms with Crippen LogP contribution in [0, 0.1) is 0 Å². The van der Waals surface area contributed by atoms with E-state index in [4.69, 9.17) is 5.11 Å². The number of H-pyrrole nitrogens is 1. The minimum Gasteiger partial charge on any atom is -0.395 e. The molecule has 7 heteroatoms. The second kappa shape index (κ2) is 6.34. The molecule has 0 unspecified atom stereocenters. The Labute approximate surface area is 144 Å². The molecule has 25 heavy (non-hydrogen) atoms. The average Bonchev–Trinajstić information content (AvgIpc) is 3.16. The third-order valence-electron chi connectivity index (χ3n) is 4.87. The van der Waals surface area contributed by atoms with Crippen LogP contribution < -0.4 is 5.32 Å². The van der Waals surface area contributed by atoms with Crippen molar-refractivity contribution in [1.82, 2.24) is 20.1 Å². The molecule has 0 spiro atoms. The zero-order chi connectivity index (χ0) is 17.4. The highest BCUT2D eigenvalue weighted by molar-refractivity contribution is 6.37. The van der Waals surface area contributed by atoms with Gasteiger partial charge in [0, 0.05) is 55.4 Å². The number of aliphatic hydroxyl groups is 1. The number of amides is 2. The lowest BCUT2D eigenvalue weighted by Crippen LogP contribution is -2.47. The number of nitrogens with one attached hydrogen (secondary N) is 2. The van der Waals surface area contributed by atoms with Crippen molar-refractivity contribution >= 4 is 28.3 Å². The standard InChI is InChI=1S/C18H20N4O3/c23-10-9-21-5-7-22(8-6-21)16-15(17(24)20-18(16)25)13-11-19-14-4-2-1-3-12(13)14/h1-4,11,19,23H,5-10H2,(H,20,24,25). The molecule has 4 rings (SSSR count). The van der Waals surface area contributed by atoms with Gasteiger partial charge in [0.15, 0.2) is 0 Å². The van der Waals surface area contributed by atoms with E-state index in [9.17, 15) is 9.59 Å². The van der Waals surface area contributed by atoms with Gasteiger partial charge in [-0.15, -0.1) is 0 Å². The van der Waals surface area contributed by atoms with E-state index in [-0.39, 0.29) is 18.4 Å². The molecule has 0 saturated carbocycles. The highest BCUT2D eigenvalue weighted by Crippen LogP contribution is 2.32. The molecule has 7 nitrogen and oxygen atoms in total. The third kappa shape index (κ3) is 2.71. The minimum atomic E-state index is -0.345. The van der Waals surface area contributed by atoms with Crippen LogP contribution in [0.15, 0.2) is 36.2 Å². The lowest BCUT2D eigenvalue weighted by molar-refractivity contribution is -0.124. The summed E-state index contributed by atoms with van der Waals surface area (Å²) >= 11 is 0. The van der Waals surface area contributed by atoms with Crippen molar-refractivity contribution in [3.8, 4) is 0 Å². The summed E-state index contributed by atoms with van der Waals surface area (Å²) in [5.41, 5.74) is 2.59. The van der Waals surface area contributed by atoms with Gasteiger partial charge in [0.05, 0.1) is 12.2 Å². The van der Waals surface area contributed by atoms with E-state index in [2.05, 4.69) is 15.2 Å². The number of hydrogen-bond acceptors (Lipinski definition) is 5. The van der Waals surface area contributed by atoms with E-state index in [1.54, 1.807) is 6.20 Å². The van der Waals surface area contributed by atoms with Crippen LogP contribution in [0.4, 0.5) is 0 Å². The molecule has 2 aliphatic rings. The number of aromatic amines is 1. The van der Waals surface area contributed by atoms with Crippen LogP contribution in [-0.2, 0) is 9.59 Å². The first kappa shape index (κ1) is 15.9. The first-order valence-corrected chi connectivity index (χ1v) is 8.43. The lowest BCUT2D eigenvalue weighted by atomic mass is 10.0. The first-order chi connectivity index (χ1) is 12.2. The predicted octanol–water partition coefficient (Wildman–Crippen LogP) is 0.145. The molecule has 2 aromatic rings. The SMILES string of the molecule is O=C1NC(=O)C(N2CCN(CCO)CC2)=C1c1c[nH]c2ccccc12. The number of para-hydroxylation sites is 1. The summed E-state index contributed by atoms with van der Waals surface area (Å²) < 4.78 is 0. The fourth-order valence-corrected chi connectivity index (χ4v) is 3.61. The molecular weight excluding hydrogens is 320 g/mol. The molecule has 0 radical (unpaired) electrons. The maximum atomic E-state index is 12.5. The first-order valence-electron chi connectivity index (χ1n) is 8.43. The molecule has 0 bridgehead atoms. The minimum absolute atomic E-state index is 0.127. The van der Waals surface area contributed by atoms with Gasteiger partial charge in [0.2, 0.25) is 0 Å². The summed E-state index contributed by atoms with van der Waals surface area (Å²) in [5.74, 6) is -0.677. The molecule has 2 aliphatic heterocycles. The van der Waals surface area contributed by atoms with Crippen LogP contribution in [0.1, 0.15) is 5.56 Å². The highest BCUT2D eigenvalue weighted by Gasteiger charge is 2.36. The lowest BCUT2D eigenvalue weighted by Gasteiger charge is -2.35. The number of piperazine rings is 1. The number of imide groups is 1. The Morgan fingerprint density at radius 3 is 2.56 bits per heavy atom. The molecule has 2 amide bonds. The summed E-state index contributed by atoms with van der Waals surface area (Å²) in [4.78, 5) is 32.2. The molecule has 1 aromatic carbocycles. The van der Waals surface area contributed by atoms with Crippen molar-refractivity contribution in [3.05, 3.63) is 41.7 Å². The van der Waals surface area contributed by atoms with Crippen LogP contribution in [0.3, 0.4) is 0 Å². The maximum absolute atomic E-state index is 12.5. The number of aromatic nitrogens is 1. The molecule has 3 N–H and O–H groups in total. The van der Waals surface area contributed by atoms with Crippen LogP contribution in [0.2, 0.25) is 0 Å². The van der Waals surface area contributed by atoms with E-state index in [1.807, 2.05) is 29.2 Å². The van der Waals surface area contributed by atoms with Crippen LogP contribution >= 0.6 is 0 Å². The van der Waals surface area contributed by atoms with Crippen molar-refractivity contribution in [1.29, 1.82) is 0 Å². The van der Waals surface area contributed by atoms with Gasteiger partial charge >= 0.3 is 0 Å². The number of aliphatic hydroxyl groups excluding tert-OH is 1. The summed E-state index contributed by atoms with van der Waals surface area (Å²) in [7, 11) is 0. The second-order valence-corrected chi connectivity index (χ2v) is 6.31. The molecule has 0 atom stereocenters. The van der Waals surface area contributed by atoms with E-state index in [0.717, 1.165) is 29.6 Å². The molecule has 3 heterocycles. The highest BCUT2D eigenvalue weighted by atomic mass is 16.3. The van der Waals surface area contributed by atoms with Crippen LogP contribution in [0.5, 0.6) is 0 Å². The Balaban J connectivity index is 1.72. The van der Waals surface area contributed by atoms with Gasteiger partial charge in [-0.3, -0.25) is 19.8 Å². The van der Waals surface area contributed by atoms with Gasteiger partial charge in [0.1, 0.15) is 5.70 Å². The fourth-order valence-electron chi connectivity index (χ4n) is 3.61. The summed E-state index contributed by atoms with van der Waals surface area (Å²) in [6.07, 6.45) is 1.79. The summed E-state index contributed by atoms with van der Waals surface area (Å²) in [6.45, 7) is 3.58. The fraction of sp³-hybridized carbons (Fsp3) is 0.333. The summed E-state index contributed by atoms with van der Waals surface area (Å²) in [5, 5.41) is 12.4. The van der Waals surface area contributed by atoms with Gasteiger partial charge in [-0.1, -0.05) is 18.2 Å². The van der Waals surface area contributed by atoms with Crippen molar-refractivity contribution in [2.45, 2.75) is 0 Å². The topological polar surface area (TPSA) is 88.7 Å². The van der Waals surface area contributed by atoms with Crippen LogP contribution in [0.25, 0.3) is 16.5 Å². The molecule has 1 saturated heterocycles. The van der Waals surface area contributed by atoms with E-state index in [0.29, 0.717) is 30.9 Å². The number of nitrogens with zero attached hydrogens (tertiary/aromatic N) is 2. The Morgan fingerprint density at radius 1 is 1.04 bits per heavy atom. The quantitative estimate of drug-likeness (QED) is 0.690. The number of fused-ring (bicyclic) bond motifs is 1. The van der Waals surface area contributed by atoms with Gasteiger partial charge in [-0.25, -0.2) is 0 Å². The molecule has 0 aliphatic carbocycles. The van der Waals surface area contributed by atoms with Gasteiger partial charge < -0.3 is 15.0 Å². The number of rotatable bonds is 4. The van der Waals surface area contributed by atoms with Crippen molar-refractivity contribution in [3.63, 3.8) is 0 Å². The zero-order valence-electron chi connectivity index (χ0n) is 13.8. The molecule has 130 valence electrons. The molecule has 1 aromatic heterocycles. The second-order valence-electron chi connectivity index (χ2n) is 6.31. The van der Waals surface area contributed by atoms with E-state index in [1.165, 1.54) is 0 Å². The summed E-state index contributed by atoms with van der Waals surface area (Å²) in [6, 6.07) is 7.74. The Bertz CT molecular complexity index is 862. The van der Waals surface area contributed by atoms with E-state index < -0.39 is 0 Å². The van der Waals surface area contributed by atoms with Crippen molar-refractivity contribution in [2.75, 3.05) is 39.3 Å². The normalized spacial score (nSPS) is 19.2. The van der Waals surface area contributed by atoms with Gasteiger partial charge in [-0.2, -0.15) is 0 Å². The number of carbonyl (C=O) groups is 2. The van der Waals surface area contributed by atoms with Crippen LogP contribution in [-0.4, -0.2) is 71.0 Å². The van der Waals surface area contributed by atoms with Crippen molar-refractivity contribution in [2.24, 2.45) is 0 Å². The third-order valence-corrected chi connectivity index (χ3v) is 4.87. The number of carbonyl (C=O) groups excluding carboxylic acids is 2. The average molecular weight is 340 g/mol. The Morgan fingerprint density at radius 2 is 1.80 bits per heavy atom. The van der Waals surface area contributed by atoms with E-state index >= 15 is 0 Å². The van der Waals surface area contributed by atoms with Gasteiger partial charge in [-0.05, 0) is 6.07 Å². The number of benzene rings is 1. The largest absolute Gasteiger partial charge is 0.395 e. The Hall–Kier alpha value is -2.64.